The predicted molar refractivity (Wildman–Crippen MR) is 81.8 cm³/mol. The summed E-state index contributed by atoms with van der Waals surface area (Å²) in [4.78, 5) is 0. The highest BCUT2D eigenvalue weighted by molar-refractivity contribution is 5.27. The molecule has 0 aliphatic heterocycles. The molecule has 0 saturated carbocycles. The Morgan fingerprint density at radius 3 is 2.10 bits per heavy atom. The lowest BCUT2D eigenvalue weighted by atomic mass is 10.1. The van der Waals surface area contributed by atoms with Crippen LogP contribution in [-0.4, -0.2) is 9.78 Å². The average Bonchev–Trinajstić information content (AvgIpc) is 2.83. The number of nitrogens with zero attached hydrogens (tertiary/aromatic N) is 2. The van der Waals surface area contributed by atoms with Gasteiger partial charge in [0.05, 0.1) is 12.7 Å². The van der Waals surface area contributed by atoms with Gasteiger partial charge in [-0.15, -0.1) is 0 Å². The van der Waals surface area contributed by atoms with Crippen LogP contribution < -0.4 is 0 Å². The van der Waals surface area contributed by atoms with Crippen molar-refractivity contribution in [3.8, 4) is 0 Å². The van der Waals surface area contributed by atoms with Crippen LogP contribution in [0.4, 0.5) is 0 Å². The van der Waals surface area contributed by atoms with Crippen LogP contribution in [0.3, 0.4) is 0 Å². The second kappa shape index (κ2) is 5.74. The van der Waals surface area contributed by atoms with E-state index in [4.69, 9.17) is 0 Å². The van der Waals surface area contributed by atoms with Gasteiger partial charge in [-0.25, -0.2) is 0 Å². The molecule has 0 radical (unpaired) electrons. The third kappa shape index (κ3) is 2.80. The third-order valence-electron chi connectivity index (χ3n) is 3.55. The summed E-state index contributed by atoms with van der Waals surface area (Å²) in [6.07, 6.45) is 2.89. The van der Waals surface area contributed by atoms with Crippen LogP contribution in [0.25, 0.3) is 0 Å². The van der Waals surface area contributed by atoms with Crippen molar-refractivity contribution >= 4 is 0 Å². The zero-order valence-electron chi connectivity index (χ0n) is 11.7. The van der Waals surface area contributed by atoms with Crippen LogP contribution in [0.15, 0.2) is 66.9 Å². The summed E-state index contributed by atoms with van der Waals surface area (Å²) in [5, 5.41) is 4.52. The molecule has 0 fully saturated rings. The van der Waals surface area contributed by atoms with E-state index in [0.717, 1.165) is 13.0 Å². The Bertz CT molecular complexity index is 669. The van der Waals surface area contributed by atoms with Crippen LogP contribution >= 0.6 is 0 Å². The summed E-state index contributed by atoms with van der Waals surface area (Å²) in [5.41, 5.74) is 5.15. The Kier molecular flexibility index (Phi) is 3.64. The van der Waals surface area contributed by atoms with Crippen LogP contribution in [0, 0.1) is 6.92 Å². The lowest BCUT2D eigenvalue weighted by Crippen LogP contribution is -2.07. The highest BCUT2D eigenvalue weighted by Gasteiger charge is 2.08. The molecular formula is C18H18N2. The number of aromatic nitrogens is 2. The van der Waals surface area contributed by atoms with Gasteiger partial charge < -0.3 is 0 Å². The molecule has 3 aromatic rings. The summed E-state index contributed by atoms with van der Waals surface area (Å²) in [6, 6.07) is 21.0. The lowest BCUT2D eigenvalue weighted by Gasteiger charge is -2.09. The molecule has 2 heteroatoms. The fourth-order valence-corrected chi connectivity index (χ4v) is 2.42. The normalized spacial score (nSPS) is 10.7. The fraction of sp³-hybridized carbons (Fsp3) is 0.167. The monoisotopic (exact) mass is 262 g/mol. The Morgan fingerprint density at radius 1 is 0.850 bits per heavy atom. The molecule has 0 saturated heterocycles. The van der Waals surface area contributed by atoms with Crippen molar-refractivity contribution in [2.45, 2.75) is 19.9 Å². The summed E-state index contributed by atoms with van der Waals surface area (Å²) in [7, 11) is 0. The second-order valence-corrected chi connectivity index (χ2v) is 5.08. The van der Waals surface area contributed by atoms with Gasteiger partial charge in [0.25, 0.3) is 0 Å². The minimum absolute atomic E-state index is 0.830. The van der Waals surface area contributed by atoms with E-state index in [-0.39, 0.29) is 0 Å². The van der Waals surface area contributed by atoms with Gasteiger partial charge in [-0.2, -0.15) is 5.10 Å². The first-order chi connectivity index (χ1) is 9.83. The molecule has 0 N–H and O–H groups in total. The molecule has 1 heterocycles. The topological polar surface area (TPSA) is 17.8 Å². The van der Waals surface area contributed by atoms with E-state index in [1.165, 1.54) is 22.4 Å². The Labute approximate surface area is 119 Å². The van der Waals surface area contributed by atoms with Gasteiger partial charge in [0.2, 0.25) is 0 Å². The number of hydrogen-bond acceptors (Lipinski definition) is 1. The number of rotatable bonds is 4. The molecular weight excluding hydrogens is 244 g/mol. The summed E-state index contributed by atoms with van der Waals surface area (Å²) in [6.45, 7) is 2.96. The van der Waals surface area contributed by atoms with Gasteiger partial charge in [0, 0.05) is 12.1 Å². The Morgan fingerprint density at radius 2 is 1.45 bits per heavy atom. The molecule has 0 aliphatic carbocycles. The van der Waals surface area contributed by atoms with E-state index in [9.17, 15) is 0 Å². The van der Waals surface area contributed by atoms with E-state index in [2.05, 4.69) is 71.3 Å². The van der Waals surface area contributed by atoms with Gasteiger partial charge in [0.15, 0.2) is 0 Å². The van der Waals surface area contributed by atoms with E-state index >= 15 is 0 Å². The molecule has 2 aromatic carbocycles. The molecule has 0 unspecified atom stereocenters. The highest BCUT2D eigenvalue weighted by Crippen LogP contribution is 2.15. The van der Waals surface area contributed by atoms with Crippen molar-refractivity contribution in [2.75, 3.05) is 0 Å². The van der Waals surface area contributed by atoms with Crippen molar-refractivity contribution in [1.29, 1.82) is 0 Å². The van der Waals surface area contributed by atoms with Crippen molar-refractivity contribution in [2.24, 2.45) is 0 Å². The standard InChI is InChI=1S/C18H18N2/c1-15-13-19-20(14-17-10-6-3-7-11-17)18(15)12-16-8-4-2-5-9-16/h2-11,13H,12,14H2,1H3. The van der Waals surface area contributed by atoms with Crippen molar-refractivity contribution < 1.29 is 0 Å². The lowest BCUT2D eigenvalue weighted by molar-refractivity contribution is 0.653. The number of aryl methyl sites for hydroxylation is 1. The molecule has 3 rings (SSSR count). The molecule has 20 heavy (non-hydrogen) atoms. The second-order valence-electron chi connectivity index (χ2n) is 5.08. The number of benzene rings is 2. The van der Waals surface area contributed by atoms with Crippen molar-refractivity contribution in [3.63, 3.8) is 0 Å². The maximum absolute atomic E-state index is 4.52. The zero-order valence-corrected chi connectivity index (χ0v) is 11.7. The Hall–Kier alpha value is -2.35. The van der Waals surface area contributed by atoms with E-state index in [1.54, 1.807) is 0 Å². The maximum atomic E-state index is 4.52. The quantitative estimate of drug-likeness (QED) is 0.698. The smallest absolute Gasteiger partial charge is 0.0662 e. The average molecular weight is 262 g/mol. The van der Waals surface area contributed by atoms with Gasteiger partial charge >= 0.3 is 0 Å². The third-order valence-corrected chi connectivity index (χ3v) is 3.55. The van der Waals surface area contributed by atoms with Gasteiger partial charge in [-0.3, -0.25) is 4.68 Å². The molecule has 0 atom stereocenters. The van der Waals surface area contributed by atoms with Gasteiger partial charge in [-0.05, 0) is 23.6 Å². The minimum atomic E-state index is 0.830. The van der Waals surface area contributed by atoms with Crippen LogP contribution in [0.2, 0.25) is 0 Å². The van der Waals surface area contributed by atoms with E-state index in [1.807, 2.05) is 12.3 Å². The minimum Gasteiger partial charge on any atom is -0.265 e. The van der Waals surface area contributed by atoms with Crippen molar-refractivity contribution in [1.82, 2.24) is 9.78 Å². The highest BCUT2D eigenvalue weighted by atomic mass is 15.3. The molecule has 2 nitrogen and oxygen atoms in total. The molecule has 100 valence electrons. The first kappa shape index (κ1) is 12.7. The van der Waals surface area contributed by atoms with E-state index in [0.29, 0.717) is 0 Å². The van der Waals surface area contributed by atoms with Crippen LogP contribution in [0.1, 0.15) is 22.4 Å². The summed E-state index contributed by atoms with van der Waals surface area (Å²) in [5.74, 6) is 0. The van der Waals surface area contributed by atoms with Crippen LogP contribution in [0.5, 0.6) is 0 Å². The van der Waals surface area contributed by atoms with Crippen molar-refractivity contribution in [3.05, 3.63) is 89.2 Å². The first-order valence-electron chi connectivity index (χ1n) is 6.92. The van der Waals surface area contributed by atoms with Gasteiger partial charge in [0.1, 0.15) is 0 Å². The fourth-order valence-electron chi connectivity index (χ4n) is 2.42. The maximum Gasteiger partial charge on any atom is 0.0662 e. The first-order valence-corrected chi connectivity index (χ1v) is 6.92. The molecule has 0 amide bonds. The Balaban J connectivity index is 1.86. The largest absolute Gasteiger partial charge is 0.265 e. The molecule has 0 bridgehead atoms. The SMILES string of the molecule is Cc1cnn(Cc2ccccc2)c1Cc1ccccc1. The summed E-state index contributed by atoms with van der Waals surface area (Å²) < 4.78 is 2.11. The van der Waals surface area contributed by atoms with E-state index < -0.39 is 0 Å². The predicted octanol–water partition coefficient (Wildman–Crippen LogP) is 3.83. The van der Waals surface area contributed by atoms with Crippen LogP contribution in [-0.2, 0) is 13.0 Å². The molecule has 1 aromatic heterocycles. The summed E-state index contributed by atoms with van der Waals surface area (Å²) >= 11 is 0. The molecule has 0 spiro atoms. The number of hydrogen-bond donors (Lipinski definition) is 0. The van der Waals surface area contributed by atoms with Gasteiger partial charge in [-0.1, -0.05) is 60.7 Å². The zero-order chi connectivity index (χ0) is 13.8. The molecule has 0 aliphatic rings.